The molecule has 0 unspecified atom stereocenters. The summed E-state index contributed by atoms with van der Waals surface area (Å²) in [5.41, 5.74) is 0. The fourth-order valence-corrected chi connectivity index (χ4v) is 3.97. The van der Waals surface area contributed by atoms with Crippen molar-refractivity contribution in [3.05, 3.63) is 12.2 Å². The van der Waals surface area contributed by atoms with E-state index in [9.17, 15) is 15.3 Å². The highest BCUT2D eigenvalue weighted by molar-refractivity contribution is 4.88. The van der Waals surface area contributed by atoms with E-state index in [0.717, 1.165) is 19.3 Å². The van der Waals surface area contributed by atoms with Crippen LogP contribution in [-0.4, -0.2) is 59.6 Å². The second-order valence-electron chi connectivity index (χ2n) is 8.74. The summed E-state index contributed by atoms with van der Waals surface area (Å²) in [6, 6.07) is 0. The number of ether oxygens (including phenoxy) is 2. The van der Waals surface area contributed by atoms with Gasteiger partial charge in [-0.25, -0.2) is 0 Å². The van der Waals surface area contributed by atoms with E-state index >= 15 is 0 Å². The Labute approximate surface area is 184 Å². The first-order valence-corrected chi connectivity index (χ1v) is 12.6. The predicted molar refractivity (Wildman–Crippen MR) is 123 cm³/mol. The number of aliphatic hydroxyl groups excluding tert-OH is 3. The molecule has 0 radical (unpaired) electrons. The molecule has 1 fully saturated rings. The molecule has 1 saturated heterocycles. The lowest BCUT2D eigenvalue weighted by Gasteiger charge is -2.24. The Morgan fingerprint density at radius 1 is 0.833 bits per heavy atom. The molecule has 0 aliphatic carbocycles. The molecule has 4 atom stereocenters. The van der Waals surface area contributed by atoms with Crippen molar-refractivity contribution >= 4 is 0 Å². The second kappa shape index (κ2) is 19.2. The quantitative estimate of drug-likeness (QED) is 0.190. The lowest BCUT2D eigenvalue weighted by atomic mass is 10.1. The predicted octanol–water partition coefficient (Wildman–Crippen LogP) is 4.91. The molecule has 0 aromatic carbocycles. The highest BCUT2D eigenvalue weighted by atomic mass is 16.6. The first-order valence-electron chi connectivity index (χ1n) is 12.6. The Bertz CT molecular complexity index is 401. The summed E-state index contributed by atoms with van der Waals surface area (Å²) in [5.74, 6) is 0. The maximum absolute atomic E-state index is 9.84. The van der Waals surface area contributed by atoms with Crippen LogP contribution in [0.25, 0.3) is 0 Å². The second-order valence-corrected chi connectivity index (χ2v) is 8.74. The number of unbranched alkanes of at least 4 members (excludes halogenated alkanes) is 13. The van der Waals surface area contributed by atoms with E-state index in [4.69, 9.17) is 9.47 Å². The third-order valence-corrected chi connectivity index (χ3v) is 5.97. The molecule has 5 heteroatoms. The molecular formula is C25H48O5. The Morgan fingerprint density at radius 3 is 1.87 bits per heavy atom. The van der Waals surface area contributed by atoms with Crippen molar-refractivity contribution in [2.75, 3.05) is 19.8 Å². The molecule has 1 aliphatic rings. The topological polar surface area (TPSA) is 79.2 Å². The van der Waals surface area contributed by atoms with E-state index in [1.54, 1.807) is 0 Å². The van der Waals surface area contributed by atoms with Gasteiger partial charge in [0.15, 0.2) is 0 Å². The average Bonchev–Trinajstić information content (AvgIpc) is 3.08. The Morgan fingerprint density at radius 2 is 1.37 bits per heavy atom. The summed E-state index contributed by atoms with van der Waals surface area (Å²) in [7, 11) is 0. The highest BCUT2D eigenvalue weighted by Gasteiger charge is 2.40. The normalized spacial score (nSPS) is 22.9. The Kier molecular flexibility index (Phi) is 17.7. The molecule has 30 heavy (non-hydrogen) atoms. The zero-order valence-electron chi connectivity index (χ0n) is 19.4. The van der Waals surface area contributed by atoms with E-state index in [-0.39, 0.29) is 13.2 Å². The number of hydrogen-bond donors (Lipinski definition) is 3. The summed E-state index contributed by atoms with van der Waals surface area (Å²) < 4.78 is 11.0. The monoisotopic (exact) mass is 428 g/mol. The summed E-state index contributed by atoms with van der Waals surface area (Å²) >= 11 is 0. The van der Waals surface area contributed by atoms with Gasteiger partial charge in [0.05, 0.1) is 13.2 Å². The fraction of sp³-hybridized carbons (Fsp3) is 0.920. The molecule has 0 aromatic heterocycles. The highest BCUT2D eigenvalue weighted by Crippen LogP contribution is 2.20. The molecule has 178 valence electrons. The van der Waals surface area contributed by atoms with Crippen LogP contribution in [0.1, 0.15) is 103 Å². The summed E-state index contributed by atoms with van der Waals surface area (Å²) in [6.45, 7) is 2.68. The standard InChI is InChI=1S/C25H48O5/c1-2-3-4-5-6-7-8-9-10-11-12-13-14-15-16-17-18-19-29-23(20-26)25-24(28)22(27)21-30-25/h14-15,22-28H,2-13,16-21H2,1H3/b15-14+/t22-,23+,24-,25-/m0/s1. The molecule has 0 spiro atoms. The van der Waals surface area contributed by atoms with Gasteiger partial charge >= 0.3 is 0 Å². The lowest BCUT2D eigenvalue weighted by Crippen LogP contribution is -2.42. The van der Waals surface area contributed by atoms with Crippen LogP contribution in [0.15, 0.2) is 12.2 Å². The lowest BCUT2D eigenvalue weighted by molar-refractivity contribution is -0.101. The van der Waals surface area contributed by atoms with Gasteiger partial charge in [-0.05, 0) is 32.1 Å². The SMILES string of the molecule is CCCCCCCCCCCCC/C=C/CCCCO[C@H](CO)[C@@H]1OC[C@H](O)[C@@H]1O. The third kappa shape index (κ3) is 13.1. The number of hydrogen-bond acceptors (Lipinski definition) is 5. The van der Waals surface area contributed by atoms with Gasteiger partial charge in [0, 0.05) is 6.61 Å². The first kappa shape index (κ1) is 27.6. The van der Waals surface area contributed by atoms with E-state index in [1.807, 2.05) is 0 Å². The molecule has 1 rings (SSSR count). The van der Waals surface area contributed by atoms with Crippen LogP contribution in [0.3, 0.4) is 0 Å². The van der Waals surface area contributed by atoms with E-state index in [0.29, 0.717) is 6.61 Å². The van der Waals surface area contributed by atoms with E-state index in [2.05, 4.69) is 19.1 Å². The maximum atomic E-state index is 9.84. The van der Waals surface area contributed by atoms with Crippen LogP contribution in [0.2, 0.25) is 0 Å². The Hall–Kier alpha value is -0.460. The minimum absolute atomic E-state index is 0.0929. The minimum atomic E-state index is -0.986. The van der Waals surface area contributed by atoms with Crippen molar-refractivity contribution in [1.82, 2.24) is 0 Å². The maximum Gasteiger partial charge on any atom is 0.114 e. The van der Waals surface area contributed by atoms with Gasteiger partial charge < -0.3 is 24.8 Å². The van der Waals surface area contributed by atoms with Crippen molar-refractivity contribution in [1.29, 1.82) is 0 Å². The van der Waals surface area contributed by atoms with Crippen molar-refractivity contribution in [3.63, 3.8) is 0 Å². The molecule has 0 amide bonds. The summed E-state index contributed by atoms with van der Waals surface area (Å²) in [5, 5.41) is 28.8. The van der Waals surface area contributed by atoms with Gasteiger partial charge in [-0.15, -0.1) is 0 Å². The zero-order chi connectivity index (χ0) is 21.9. The van der Waals surface area contributed by atoms with Crippen LogP contribution in [-0.2, 0) is 9.47 Å². The van der Waals surface area contributed by atoms with Crippen molar-refractivity contribution in [2.24, 2.45) is 0 Å². The molecule has 5 nitrogen and oxygen atoms in total. The Balaban J connectivity index is 1.85. The summed E-state index contributed by atoms with van der Waals surface area (Å²) in [4.78, 5) is 0. The molecule has 1 aliphatic heterocycles. The van der Waals surface area contributed by atoms with Crippen LogP contribution >= 0.6 is 0 Å². The number of rotatable bonds is 20. The largest absolute Gasteiger partial charge is 0.394 e. The van der Waals surface area contributed by atoms with Gasteiger partial charge in [0.2, 0.25) is 0 Å². The zero-order valence-corrected chi connectivity index (χ0v) is 19.4. The number of aliphatic hydroxyl groups is 3. The number of allylic oxidation sites excluding steroid dienone is 2. The van der Waals surface area contributed by atoms with Gasteiger partial charge in [-0.3, -0.25) is 0 Å². The van der Waals surface area contributed by atoms with Crippen LogP contribution in [0.5, 0.6) is 0 Å². The summed E-state index contributed by atoms with van der Waals surface area (Å²) in [6.07, 6.45) is 20.9. The molecule has 0 saturated carbocycles. The molecule has 0 aromatic rings. The molecule has 3 N–H and O–H groups in total. The third-order valence-electron chi connectivity index (χ3n) is 5.97. The van der Waals surface area contributed by atoms with Gasteiger partial charge in [0.25, 0.3) is 0 Å². The van der Waals surface area contributed by atoms with Gasteiger partial charge in [0.1, 0.15) is 24.4 Å². The fourth-order valence-electron chi connectivity index (χ4n) is 3.97. The minimum Gasteiger partial charge on any atom is -0.394 e. The molecule has 1 heterocycles. The molecular weight excluding hydrogens is 380 g/mol. The van der Waals surface area contributed by atoms with Crippen molar-refractivity contribution < 1.29 is 24.8 Å². The van der Waals surface area contributed by atoms with Crippen molar-refractivity contribution in [2.45, 2.75) is 128 Å². The molecule has 0 bridgehead atoms. The van der Waals surface area contributed by atoms with Gasteiger partial charge in [-0.2, -0.15) is 0 Å². The smallest absolute Gasteiger partial charge is 0.114 e. The van der Waals surface area contributed by atoms with Crippen LogP contribution < -0.4 is 0 Å². The van der Waals surface area contributed by atoms with E-state index in [1.165, 1.54) is 77.0 Å². The first-order chi connectivity index (χ1) is 14.7. The van der Waals surface area contributed by atoms with E-state index < -0.39 is 24.4 Å². The van der Waals surface area contributed by atoms with Crippen LogP contribution in [0.4, 0.5) is 0 Å². The van der Waals surface area contributed by atoms with Crippen molar-refractivity contribution in [3.8, 4) is 0 Å². The van der Waals surface area contributed by atoms with Gasteiger partial charge in [-0.1, -0.05) is 83.3 Å². The van der Waals surface area contributed by atoms with Crippen LogP contribution in [0, 0.1) is 0 Å². The average molecular weight is 429 g/mol.